The Bertz CT molecular complexity index is 728. The van der Waals surface area contributed by atoms with Gasteiger partial charge < -0.3 is 14.8 Å². The van der Waals surface area contributed by atoms with Crippen LogP contribution in [0.25, 0.3) is 0 Å². The molecule has 1 N–H and O–H groups in total. The van der Waals surface area contributed by atoms with Crippen molar-refractivity contribution in [3.8, 4) is 5.75 Å². The Balaban J connectivity index is 1.51. The molecular weight excluding hydrogens is 361 g/mol. The number of nitrogens with one attached hydrogen (secondary N) is 1. The molecule has 0 aromatic heterocycles. The molecule has 1 aliphatic rings. The molecule has 2 aromatic carbocycles. The predicted molar refractivity (Wildman–Crippen MR) is 98.5 cm³/mol. The fourth-order valence-electron chi connectivity index (χ4n) is 2.61. The van der Waals surface area contributed by atoms with E-state index in [0.29, 0.717) is 28.8 Å². The average molecular weight is 380 g/mol. The lowest BCUT2D eigenvalue weighted by atomic mass is 10.2. The largest absolute Gasteiger partial charge is 0.491 e. The second kappa shape index (κ2) is 8.56. The Hall–Kier alpha value is -1.75. The van der Waals surface area contributed by atoms with Crippen molar-refractivity contribution < 1.29 is 14.3 Å². The molecule has 2 aromatic rings. The van der Waals surface area contributed by atoms with Crippen LogP contribution in [0.15, 0.2) is 42.5 Å². The van der Waals surface area contributed by atoms with E-state index in [0.717, 1.165) is 30.8 Å². The summed E-state index contributed by atoms with van der Waals surface area (Å²) < 4.78 is 11.2. The number of halogens is 2. The molecule has 1 saturated heterocycles. The van der Waals surface area contributed by atoms with Crippen LogP contribution < -0.4 is 10.1 Å². The smallest absolute Gasteiger partial charge is 0.251 e. The third-order valence-corrected chi connectivity index (χ3v) is 4.62. The normalized spacial score (nSPS) is 16.6. The summed E-state index contributed by atoms with van der Waals surface area (Å²) in [5, 5.41) is 3.95. The van der Waals surface area contributed by atoms with E-state index in [1.807, 2.05) is 0 Å². The second-order valence-electron chi connectivity index (χ2n) is 5.89. The Labute approximate surface area is 157 Å². The van der Waals surface area contributed by atoms with E-state index in [1.165, 1.54) is 0 Å². The molecule has 1 aliphatic heterocycles. The maximum Gasteiger partial charge on any atom is 0.251 e. The molecule has 0 saturated carbocycles. The van der Waals surface area contributed by atoms with Crippen molar-refractivity contribution in [2.75, 3.05) is 13.2 Å². The molecule has 1 heterocycles. The van der Waals surface area contributed by atoms with Gasteiger partial charge in [0.1, 0.15) is 12.4 Å². The van der Waals surface area contributed by atoms with Gasteiger partial charge in [-0.2, -0.15) is 0 Å². The highest BCUT2D eigenvalue weighted by Gasteiger charge is 2.16. The number of rotatable bonds is 6. The fraction of sp³-hybridized carbons (Fsp3) is 0.316. The zero-order valence-electron chi connectivity index (χ0n) is 13.6. The van der Waals surface area contributed by atoms with Gasteiger partial charge in [0, 0.05) is 28.8 Å². The summed E-state index contributed by atoms with van der Waals surface area (Å²) in [4.78, 5) is 12.2. The first kappa shape index (κ1) is 18.1. The number of hydrogen-bond acceptors (Lipinski definition) is 3. The standard InChI is InChI=1S/C19H19Cl2NO3/c20-15-6-3-14(18(21)10-15)11-22-19(23)13-4-7-16(8-5-13)25-12-17-2-1-9-24-17/h3-8,10,17H,1-2,9,11-12H2,(H,22,23). The summed E-state index contributed by atoms with van der Waals surface area (Å²) in [5.74, 6) is 0.560. The van der Waals surface area contributed by atoms with Gasteiger partial charge in [-0.3, -0.25) is 4.79 Å². The summed E-state index contributed by atoms with van der Waals surface area (Å²) in [7, 11) is 0. The van der Waals surface area contributed by atoms with Crippen LogP contribution in [-0.2, 0) is 11.3 Å². The van der Waals surface area contributed by atoms with Gasteiger partial charge in [-0.05, 0) is 54.8 Å². The van der Waals surface area contributed by atoms with Crippen LogP contribution in [0.4, 0.5) is 0 Å². The Kier molecular flexibility index (Phi) is 6.19. The van der Waals surface area contributed by atoms with Gasteiger partial charge >= 0.3 is 0 Å². The van der Waals surface area contributed by atoms with Gasteiger partial charge in [0.05, 0.1) is 6.10 Å². The summed E-state index contributed by atoms with van der Waals surface area (Å²) in [6.07, 6.45) is 2.30. The van der Waals surface area contributed by atoms with E-state index in [2.05, 4.69) is 5.32 Å². The Morgan fingerprint density at radius 2 is 2.00 bits per heavy atom. The van der Waals surface area contributed by atoms with Crippen LogP contribution in [0.1, 0.15) is 28.8 Å². The Morgan fingerprint density at radius 1 is 1.20 bits per heavy atom. The third-order valence-electron chi connectivity index (χ3n) is 4.03. The highest BCUT2D eigenvalue weighted by Crippen LogP contribution is 2.21. The van der Waals surface area contributed by atoms with E-state index >= 15 is 0 Å². The molecule has 3 rings (SSSR count). The number of carbonyl (C=O) groups excluding carboxylic acids is 1. The zero-order chi connectivity index (χ0) is 17.6. The zero-order valence-corrected chi connectivity index (χ0v) is 15.1. The first-order chi connectivity index (χ1) is 12.1. The van der Waals surface area contributed by atoms with E-state index in [9.17, 15) is 4.79 Å². The van der Waals surface area contributed by atoms with E-state index < -0.39 is 0 Å². The first-order valence-electron chi connectivity index (χ1n) is 8.18. The molecule has 4 nitrogen and oxygen atoms in total. The van der Waals surface area contributed by atoms with Crippen molar-refractivity contribution in [3.63, 3.8) is 0 Å². The van der Waals surface area contributed by atoms with Crippen molar-refractivity contribution in [1.82, 2.24) is 5.32 Å². The van der Waals surface area contributed by atoms with E-state index in [4.69, 9.17) is 32.7 Å². The number of amides is 1. The van der Waals surface area contributed by atoms with E-state index in [-0.39, 0.29) is 12.0 Å². The monoisotopic (exact) mass is 379 g/mol. The van der Waals surface area contributed by atoms with Crippen LogP contribution in [0, 0.1) is 0 Å². The van der Waals surface area contributed by atoms with E-state index in [1.54, 1.807) is 42.5 Å². The van der Waals surface area contributed by atoms with Gasteiger partial charge in [0.25, 0.3) is 5.91 Å². The van der Waals surface area contributed by atoms with Crippen molar-refractivity contribution in [3.05, 3.63) is 63.6 Å². The lowest BCUT2D eigenvalue weighted by molar-refractivity contribution is 0.0679. The fourth-order valence-corrected chi connectivity index (χ4v) is 3.09. The van der Waals surface area contributed by atoms with Crippen LogP contribution in [0.3, 0.4) is 0 Å². The minimum atomic E-state index is -0.170. The van der Waals surface area contributed by atoms with Crippen molar-refractivity contribution in [2.45, 2.75) is 25.5 Å². The van der Waals surface area contributed by atoms with Gasteiger partial charge in [-0.25, -0.2) is 0 Å². The molecule has 1 fully saturated rings. The molecular formula is C19H19Cl2NO3. The minimum absolute atomic E-state index is 0.170. The maximum absolute atomic E-state index is 12.2. The Morgan fingerprint density at radius 3 is 2.68 bits per heavy atom. The lowest BCUT2D eigenvalue weighted by Gasteiger charge is -2.12. The first-order valence-corrected chi connectivity index (χ1v) is 8.94. The lowest BCUT2D eigenvalue weighted by Crippen LogP contribution is -2.23. The molecule has 0 radical (unpaired) electrons. The van der Waals surface area contributed by atoms with Crippen LogP contribution in [0.5, 0.6) is 5.75 Å². The predicted octanol–water partition coefficient (Wildman–Crippen LogP) is 4.48. The molecule has 6 heteroatoms. The highest BCUT2D eigenvalue weighted by atomic mass is 35.5. The van der Waals surface area contributed by atoms with Crippen molar-refractivity contribution in [2.24, 2.45) is 0 Å². The van der Waals surface area contributed by atoms with Crippen LogP contribution in [-0.4, -0.2) is 25.2 Å². The molecule has 0 bridgehead atoms. The van der Waals surface area contributed by atoms with Gasteiger partial charge in [0.2, 0.25) is 0 Å². The highest BCUT2D eigenvalue weighted by molar-refractivity contribution is 6.35. The van der Waals surface area contributed by atoms with Crippen molar-refractivity contribution >= 4 is 29.1 Å². The molecule has 1 unspecified atom stereocenters. The number of hydrogen-bond donors (Lipinski definition) is 1. The van der Waals surface area contributed by atoms with Crippen LogP contribution in [0.2, 0.25) is 10.0 Å². The maximum atomic E-state index is 12.2. The summed E-state index contributed by atoms with van der Waals surface area (Å²) in [6.45, 7) is 1.69. The number of ether oxygens (including phenoxy) is 2. The molecule has 1 atom stereocenters. The summed E-state index contributed by atoms with van der Waals surface area (Å²) >= 11 is 12.0. The molecule has 25 heavy (non-hydrogen) atoms. The number of carbonyl (C=O) groups is 1. The second-order valence-corrected chi connectivity index (χ2v) is 6.73. The molecule has 0 spiro atoms. The summed E-state index contributed by atoms with van der Waals surface area (Å²) in [6, 6.07) is 12.3. The average Bonchev–Trinajstić information content (AvgIpc) is 3.13. The third kappa shape index (κ3) is 5.11. The summed E-state index contributed by atoms with van der Waals surface area (Å²) in [5.41, 5.74) is 1.38. The number of benzene rings is 2. The topological polar surface area (TPSA) is 47.6 Å². The minimum Gasteiger partial charge on any atom is -0.491 e. The SMILES string of the molecule is O=C(NCc1ccc(Cl)cc1Cl)c1ccc(OCC2CCCO2)cc1. The van der Waals surface area contributed by atoms with Gasteiger partial charge in [-0.15, -0.1) is 0 Å². The van der Waals surface area contributed by atoms with Gasteiger partial charge in [0.15, 0.2) is 0 Å². The quantitative estimate of drug-likeness (QED) is 0.804. The van der Waals surface area contributed by atoms with Gasteiger partial charge in [-0.1, -0.05) is 29.3 Å². The van der Waals surface area contributed by atoms with Crippen molar-refractivity contribution in [1.29, 1.82) is 0 Å². The molecule has 132 valence electrons. The van der Waals surface area contributed by atoms with Crippen LogP contribution >= 0.6 is 23.2 Å². The molecule has 0 aliphatic carbocycles. The molecule has 1 amide bonds.